The lowest BCUT2D eigenvalue weighted by atomic mass is 10.2. The van der Waals surface area contributed by atoms with Crippen molar-refractivity contribution in [3.63, 3.8) is 0 Å². The first-order valence-corrected chi connectivity index (χ1v) is 9.02. The molecule has 0 aliphatic heterocycles. The van der Waals surface area contributed by atoms with Crippen molar-refractivity contribution < 1.29 is 9.53 Å². The molecule has 0 saturated carbocycles. The summed E-state index contributed by atoms with van der Waals surface area (Å²) in [6.07, 6.45) is 5.75. The summed E-state index contributed by atoms with van der Waals surface area (Å²) < 4.78 is 7.94. The monoisotopic (exact) mass is 393 g/mol. The molecule has 0 fully saturated rings. The third kappa shape index (κ3) is 3.32. The summed E-state index contributed by atoms with van der Waals surface area (Å²) in [6, 6.07) is 8.66. The van der Waals surface area contributed by atoms with Crippen LogP contribution in [0.15, 0.2) is 49.1 Å². The number of aldehydes is 1. The maximum Gasteiger partial charge on any atom is 0.251 e. The quantitative estimate of drug-likeness (QED) is 0.456. The first-order valence-electron chi connectivity index (χ1n) is 8.64. The predicted molar refractivity (Wildman–Crippen MR) is 106 cm³/mol. The molecule has 4 rings (SSSR count). The van der Waals surface area contributed by atoms with Gasteiger partial charge in [-0.2, -0.15) is 4.98 Å². The van der Waals surface area contributed by atoms with Crippen molar-refractivity contribution in [2.24, 2.45) is 0 Å². The number of hydrogen-bond donors (Lipinski definition) is 0. The summed E-state index contributed by atoms with van der Waals surface area (Å²) in [7, 11) is 0. The zero-order chi connectivity index (χ0) is 19.7. The Bertz CT molecular complexity index is 1160. The van der Waals surface area contributed by atoms with Gasteiger partial charge in [-0.15, -0.1) is 0 Å². The maximum absolute atomic E-state index is 11.2. The summed E-state index contributed by atoms with van der Waals surface area (Å²) in [5.41, 5.74) is 2.35. The molecule has 0 saturated heterocycles. The summed E-state index contributed by atoms with van der Waals surface area (Å²) in [6.45, 7) is 4.09. The number of halogens is 1. The number of fused-ring (bicyclic) bond motifs is 1. The van der Waals surface area contributed by atoms with Crippen LogP contribution < -0.4 is 4.74 Å². The molecule has 140 valence electrons. The van der Waals surface area contributed by atoms with E-state index in [1.165, 1.54) is 0 Å². The number of rotatable bonds is 5. The van der Waals surface area contributed by atoms with Crippen LogP contribution >= 0.6 is 11.6 Å². The molecule has 0 aliphatic carbocycles. The summed E-state index contributed by atoms with van der Waals surface area (Å²) in [5.74, 6) is 1.23. The predicted octanol–water partition coefficient (Wildman–Crippen LogP) is 4.73. The van der Waals surface area contributed by atoms with Gasteiger partial charge in [0.25, 0.3) is 5.88 Å². The maximum atomic E-state index is 11.2. The zero-order valence-corrected chi connectivity index (χ0v) is 16.0. The minimum absolute atomic E-state index is 0.162. The van der Waals surface area contributed by atoms with Crippen LogP contribution in [0.25, 0.3) is 22.6 Å². The molecule has 8 heteroatoms. The molecule has 1 aromatic carbocycles. The molecular weight excluding hydrogens is 378 g/mol. The van der Waals surface area contributed by atoms with Crippen molar-refractivity contribution in [2.45, 2.75) is 19.9 Å². The summed E-state index contributed by atoms with van der Waals surface area (Å²) in [5, 5.41) is 0.358. The number of carbonyl (C=O) groups is 1. The van der Waals surface area contributed by atoms with Gasteiger partial charge < -0.3 is 9.30 Å². The topological polar surface area (TPSA) is 82.8 Å². The lowest BCUT2D eigenvalue weighted by Crippen LogP contribution is -2.02. The zero-order valence-electron chi connectivity index (χ0n) is 15.2. The highest BCUT2D eigenvalue weighted by Gasteiger charge is 2.18. The van der Waals surface area contributed by atoms with Gasteiger partial charge in [-0.05, 0) is 44.2 Å². The lowest BCUT2D eigenvalue weighted by molar-refractivity contribution is 0.112. The number of imidazole rings is 1. The SMILES string of the molecule is CC(C)n1cnc2c(Oc3ccc(Cl)c(C=O)c3)nc(-c3ccncc3)nc21. The van der Waals surface area contributed by atoms with Crippen molar-refractivity contribution in [3.05, 3.63) is 59.6 Å². The van der Waals surface area contributed by atoms with E-state index in [2.05, 4.69) is 19.9 Å². The minimum Gasteiger partial charge on any atom is -0.437 e. The third-order valence-corrected chi connectivity index (χ3v) is 4.54. The van der Waals surface area contributed by atoms with Crippen molar-refractivity contribution in [1.29, 1.82) is 0 Å². The van der Waals surface area contributed by atoms with Gasteiger partial charge in [-0.1, -0.05) is 11.6 Å². The number of pyridine rings is 1. The molecule has 0 aliphatic rings. The Morgan fingerprint density at radius 1 is 1.14 bits per heavy atom. The fourth-order valence-electron chi connectivity index (χ4n) is 2.76. The van der Waals surface area contributed by atoms with Gasteiger partial charge in [0.15, 0.2) is 23.3 Å². The Morgan fingerprint density at radius 3 is 2.64 bits per heavy atom. The van der Waals surface area contributed by atoms with E-state index in [1.807, 2.05) is 30.5 Å². The van der Waals surface area contributed by atoms with Gasteiger partial charge >= 0.3 is 0 Å². The molecule has 28 heavy (non-hydrogen) atoms. The Labute approximate surface area is 166 Å². The molecule has 0 amide bonds. The van der Waals surface area contributed by atoms with Crippen LogP contribution in [0.2, 0.25) is 5.02 Å². The van der Waals surface area contributed by atoms with Crippen LogP contribution in [0.4, 0.5) is 0 Å². The highest BCUT2D eigenvalue weighted by atomic mass is 35.5. The third-order valence-electron chi connectivity index (χ3n) is 4.19. The molecular formula is C20H16ClN5O2. The Morgan fingerprint density at radius 2 is 1.93 bits per heavy atom. The number of aromatic nitrogens is 5. The second-order valence-corrected chi connectivity index (χ2v) is 6.82. The van der Waals surface area contributed by atoms with E-state index in [1.54, 1.807) is 36.9 Å². The fourth-order valence-corrected chi connectivity index (χ4v) is 2.92. The van der Waals surface area contributed by atoms with E-state index in [4.69, 9.17) is 16.3 Å². The van der Waals surface area contributed by atoms with E-state index < -0.39 is 0 Å². The van der Waals surface area contributed by atoms with Crippen LogP contribution in [0, 0.1) is 0 Å². The van der Waals surface area contributed by atoms with Crippen molar-refractivity contribution >= 4 is 29.1 Å². The Kier molecular flexibility index (Phi) is 4.75. The first kappa shape index (κ1) is 18.1. The van der Waals surface area contributed by atoms with Crippen LogP contribution in [-0.2, 0) is 0 Å². The average Bonchev–Trinajstić information content (AvgIpc) is 3.14. The molecule has 3 heterocycles. The fraction of sp³-hybridized carbons (Fsp3) is 0.150. The van der Waals surface area contributed by atoms with Crippen LogP contribution in [-0.4, -0.2) is 30.8 Å². The molecule has 4 aromatic rings. The van der Waals surface area contributed by atoms with Crippen molar-refractivity contribution in [1.82, 2.24) is 24.5 Å². The number of benzene rings is 1. The highest BCUT2D eigenvalue weighted by Crippen LogP contribution is 2.31. The summed E-state index contributed by atoms with van der Waals surface area (Å²) >= 11 is 6.00. The van der Waals surface area contributed by atoms with E-state index in [9.17, 15) is 4.79 Å². The van der Waals surface area contributed by atoms with Crippen molar-refractivity contribution in [3.8, 4) is 23.0 Å². The van der Waals surface area contributed by atoms with Gasteiger partial charge in [0.1, 0.15) is 5.75 Å². The van der Waals surface area contributed by atoms with Crippen molar-refractivity contribution in [2.75, 3.05) is 0 Å². The molecule has 0 N–H and O–H groups in total. The molecule has 0 bridgehead atoms. The molecule has 0 radical (unpaired) electrons. The average molecular weight is 394 g/mol. The molecule has 0 unspecified atom stereocenters. The van der Waals surface area contributed by atoms with E-state index in [0.717, 1.165) is 5.56 Å². The minimum atomic E-state index is 0.162. The van der Waals surface area contributed by atoms with E-state index in [0.29, 0.717) is 45.5 Å². The smallest absolute Gasteiger partial charge is 0.251 e. The van der Waals surface area contributed by atoms with E-state index >= 15 is 0 Å². The van der Waals surface area contributed by atoms with Crippen LogP contribution in [0.1, 0.15) is 30.2 Å². The molecule has 0 atom stereocenters. The molecule has 3 aromatic heterocycles. The largest absolute Gasteiger partial charge is 0.437 e. The van der Waals surface area contributed by atoms with Crippen LogP contribution in [0.3, 0.4) is 0 Å². The summed E-state index contributed by atoms with van der Waals surface area (Å²) in [4.78, 5) is 28.9. The van der Waals surface area contributed by atoms with Gasteiger partial charge in [0.05, 0.1) is 11.3 Å². The standard InChI is InChI=1S/C20H16ClN5O2/c1-12(2)26-11-23-17-19(26)24-18(13-5-7-22-8-6-13)25-20(17)28-15-3-4-16(21)14(9-15)10-27/h3-12H,1-2H3. The molecule has 0 spiro atoms. The number of carbonyl (C=O) groups excluding carboxylic acids is 1. The van der Waals surface area contributed by atoms with Gasteiger partial charge in [0, 0.05) is 29.6 Å². The number of ether oxygens (including phenoxy) is 1. The molecule has 7 nitrogen and oxygen atoms in total. The number of hydrogen-bond acceptors (Lipinski definition) is 6. The lowest BCUT2D eigenvalue weighted by Gasteiger charge is -2.11. The normalized spacial score (nSPS) is 11.1. The van der Waals surface area contributed by atoms with Gasteiger partial charge in [-0.25, -0.2) is 9.97 Å². The first-order chi connectivity index (χ1) is 13.6. The Balaban J connectivity index is 1.88. The van der Waals surface area contributed by atoms with Crippen LogP contribution in [0.5, 0.6) is 11.6 Å². The van der Waals surface area contributed by atoms with Gasteiger partial charge in [0.2, 0.25) is 0 Å². The van der Waals surface area contributed by atoms with E-state index in [-0.39, 0.29) is 6.04 Å². The highest BCUT2D eigenvalue weighted by molar-refractivity contribution is 6.33. The second kappa shape index (κ2) is 7.36. The second-order valence-electron chi connectivity index (χ2n) is 6.41. The Hall–Kier alpha value is -3.32. The number of nitrogens with zero attached hydrogens (tertiary/aromatic N) is 5. The van der Waals surface area contributed by atoms with Gasteiger partial charge in [-0.3, -0.25) is 9.78 Å².